The van der Waals surface area contributed by atoms with Gasteiger partial charge in [0.15, 0.2) is 0 Å². The highest BCUT2D eigenvalue weighted by Gasteiger charge is 2.48. The molecule has 0 saturated carbocycles. The summed E-state index contributed by atoms with van der Waals surface area (Å²) in [7, 11) is 1.96. The van der Waals surface area contributed by atoms with Crippen LogP contribution >= 0.6 is 0 Å². The minimum atomic E-state index is -0.966. The highest BCUT2D eigenvalue weighted by molar-refractivity contribution is 5.98. The van der Waals surface area contributed by atoms with Gasteiger partial charge in [0.1, 0.15) is 17.0 Å². The zero-order valence-corrected chi connectivity index (χ0v) is 28.4. The van der Waals surface area contributed by atoms with Crippen molar-refractivity contribution in [3.8, 4) is 11.5 Å². The number of hydrogen-bond acceptors (Lipinski definition) is 7. The summed E-state index contributed by atoms with van der Waals surface area (Å²) in [6.45, 7) is 18.8. The lowest BCUT2D eigenvalue weighted by Gasteiger charge is -2.46. The number of nitrogens with zero attached hydrogens (tertiary/aromatic N) is 3. The van der Waals surface area contributed by atoms with E-state index < -0.39 is 5.54 Å². The summed E-state index contributed by atoms with van der Waals surface area (Å²) in [5.74, 6) is 1.54. The lowest BCUT2D eigenvalue weighted by atomic mass is 9.73. The molecule has 8 heteroatoms. The quantitative estimate of drug-likeness (QED) is 0.170. The molecule has 244 valence electrons. The maximum absolute atomic E-state index is 14.1. The number of carbonyl (C=O) groups is 1. The van der Waals surface area contributed by atoms with Gasteiger partial charge in [0.25, 0.3) is 5.91 Å². The van der Waals surface area contributed by atoms with Crippen molar-refractivity contribution in [2.75, 3.05) is 69.3 Å². The molecule has 0 aromatic heterocycles. The van der Waals surface area contributed by atoms with Crippen molar-refractivity contribution < 1.29 is 14.3 Å². The molecule has 4 rings (SSSR count). The number of hydrogen-bond donors (Lipinski definition) is 2. The molecule has 3 aromatic rings. The van der Waals surface area contributed by atoms with Crippen molar-refractivity contribution in [3.63, 3.8) is 0 Å². The molecule has 45 heavy (non-hydrogen) atoms. The smallest absolute Gasteiger partial charge is 0.268 e. The molecule has 0 bridgehead atoms. The van der Waals surface area contributed by atoms with Crippen LogP contribution in [0.4, 0.5) is 11.4 Å². The second kappa shape index (κ2) is 16.0. The number of benzene rings is 3. The summed E-state index contributed by atoms with van der Waals surface area (Å²) < 4.78 is 13.0. The van der Waals surface area contributed by atoms with Crippen LogP contribution in [0.5, 0.6) is 11.5 Å². The van der Waals surface area contributed by atoms with E-state index in [9.17, 15) is 4.79 Å². The Bertz CT molecular complexity index is 1340. The molecule has 1 aliphatic rings. The molecule has 3 aromatic carbocycles. The molecular weight excluding hydrogens is 562 g/mol. The lowest BCUT2D eigenvalue weighted by Crippen LogP contribution is -2.60. The average Bonchev–Trinajstić information content (AvgIpc) is 3.06. The van der Waals surface area contributed by atoms with Gasteiger partial charge in [-0.05, 0) is 91.7 Å². The van der Waals surface area contributed by atoms with Crippen molar-refractivity contribution in [2.45, 2.75) is 59.9 Å². The number of unbranched alkanes of at least 4 members (excludes halogenated alkanes) is 1. The third kappa shape index (κ3) is 6.92. The van der Waals surface area contributed by atoms with Crippen molar-refractivity contribution in [1.82, 2.24) is 15.8 Å². The molecule has 1 heterocycles. The molecule has 1 aliphatic heterocycles. The van der Waals surface area contributed by atoms with Gasteiger partial charge in [-0.15, -0.1) is 0 Å². The highest BCUT2D eigenvalue weighted by atomic mass is 16.5. The minimum absolute atomic E-state index is 0.0267. The summed E-state index contributed by atoms with van der Waals surface area (Å²) in [5, 5.41) is 5.03. The monoisotopic (exact) mass is 615 g/mol. The van der Waals surface area contributed by atoms with E-state index in [1.54, 1.807) is 5.01 Å². The maximum atomic E-state index is 14.1. The molecule has 0 fully saturated rings. The van der Waals surface area contributed by atoms with Crippen LogP contribution in [0.3, 0.4) is 0 Å². The fourth-order valence-electron chi connectivity index (χ4n) is 6.50. The zero-order chi connectivity index (χ0) is 32.4. The first-order valence-corrected chi connectivity index (χ1v) is 16.8. The third-order valence-electron chi connectivity index (χ3n) is 8.76. The number of anilines is 2. The van der Waals surface area contributed by atoms with Gasteiger partial charge >= 0.3 is 0 Å². The van der Waals surface area contributed by atoms with Crippen LogP contribution in [-0.2, 0) is 5.54 Å². The molecule has 0 unspecified atom stereocenters. The van der Waals surface area contributed by atoms with E-state index >= 15 is 0 Å². The number of rotatable bonds is 17. The Morgan fingerprint density at radius 2 is 1.27 bits per heavy atom. The van der Waals surface area contributed by atoms with Crippen molar-refractivity contribution in [1.29, 1.82) is 0 Å². The molecule has 0 aliphatic carbocycles. The standard InChI is InChI=1S/C37H53N5O3/c1-8-40(9-2)28-20-22-32(34(26-28)44-12-5)37(33-23-21-29(41(10-3)11-4)27-35(33)45-13-6)31-19-15-14-18-30(31)36(43)42(39-37)25-17-16-24-38-7/h14-15,18-23,26-27,38-39H,8-13,16-17,24-25H2,1-7H3. The van der Waals surface area contributed by atoms with E-state index in [0.717, 1.165) is 85.1 Å². The van der Waals surface area contributed by atoms with Crippen LogP contribution < -0.4 is 30.0 Å². The summed E-state index contributed by atoms with van der Waals surface area (Å²) in [5.41, 5.74) is 8.50. The van der Waals surface area contributed by atoms with E-state index in [0.29, 0.717) is 25.3 Å². The number of ether oxygens (including phenoxy) is 2. The second-order valence-corrected chi connectivity index (χ2v) is 11.2. The van der Waals surface area contributed by atoms with Crippen LogP contribution in [0.25, 0.3) is 0 Å². The van der Waals surface area contributed by atoms with Crippen LogP contribution in [0.1, 0.15) is 81.4 Å². The summed E-state index contributed by atoms with van der Waals surface area (Å²) in [6, 6.07) is 21.0. The van der Waals surface area contributed by atoms with Gasteiger partial charge in [0.2, 0.25) is 0 Å². The van der Waals surface area contributed by atoms with E-state index in [-0.39, 0.29) is 5.91 Å². The zero-order valence-electron chi connectivity index (χ0n) is 28.4. The predicted molar refractivity (Wildman–Crippen MR) is 186 cm³/mol. The minimum Gasteiger partial charge on any atom is -0.493 e. The van der Waals surface area contributed by atoms with E-state index in [1.165, 1.54) is 0 Å². The van der Waals surface area contributed by atoms with Crippen molar-refractivity contribution >= 4 is 17.3 Å². The first kappa shape index (κ1) is 34.1. The van der Waals surface area contributed by atoms with E-state index in [1.807, 2.05) is 39.1 Å². The summed E-state index contributed by atoms with van der Waals surface area (Å²) >= 11 is 0. The molecular formula is C37H53N5O3. The van der Waals surface area contributed by atoms with Crippen LogP contribution in [-0.4, -0.2) is 70.4 Å². The number of amides is 1. The van der Waals surface area contributed by atoms with Crippen LogP contribution in [0.15, 0.2) is 60.7 Å². The first-order chi connectivity index (χ1) is 21.9. The normalized spacial score (nSPS) is 13.8. The molecule has 0 radical (unpaired) electrons. The largest absolute Gasteiger partial charge is 0.493 e. The summed E-state index contributed by atoms with van der Waals surface area (Å²) in [4.78, 5) is 18.7. The Morgan fingerprint density at radius 1 is 0.733 bits per heavy atom. The Labute approximate surface area is 270 Å². The Balaban J connectivity index is 2.07. The predicted octanol–water partition coefficient (Wildman–Crippen LogP) is 6.43. The molecule has 0 saturated heterocycles. The fourth-order valence-corrected chi connectivity index (χ4v) is 6.50. The SMILES string of the molecule is CCOc1cc(N(CC)CC)ccc1C1(c2ccc(N(CC)CC)cc2OCC)NN(CCCCNC)C(=O)c2ccccc21. The van der Waals surface area contributed by atoms with Gasteiger partial charge in [0.05, 0.1) is 13.2 Å². The highest BCUT2D eigenvalue weighted by Crippen LogP contribution is 2.49. The summed E-state index contributed by atoms with van der Waals surface area (Å²) in [6.07, 6.45) is 1.82. The van der Waals surface area contributed by atoms with Gasteiger partial charge in [-0.25, -0.2) is 5.43 Å². The second-order valence-electron chi connectivity index (χ2n) is 11.2. The number of carbonyl (C=O) groups excluding carboxylic acids is 1. The van der Waals surface area contributed by atoms with E-state index in [2.05, 4.69) is 90.7 Å². The van der Waals surface area contributed by atoms with Gasteiger partial charge in [0, 0.05) is 72.9 Å². The first-order valence-electron chi connectivity index (χ1n) is 16.8. The van der Waals surface area contributed by atoms with Gasteiger partial charge < -0.3 is 24.6 Å². The maximum Gasteiger partial charge on any atom is 0.268 e. The number of fused-ring (bicyclic) bond motifs is 1. The fraction of sp³-hybridized carbons (Fsp3) is 0.486. The van der Waals surface area contributed by atoms with Crippen molar-refractivity contribution in [3.05, 3.63) is 82.9 Å². The lowest BCUT2D eigenvalue weighted by molar-refractivity contribution is 0.0524. The number of hydrazine groups is 1. The van der Waals surface area contributed by atoms with Gasteiger partial charge in [-0.3, -0.25) is 9.80 Å². The van der Waals surface area contributed by atoms with Crippen LogP contribution in [0.2, 0.25) is 0 Å². The molecule has 8 nitrogen and oxygen atoms in total. The topological polar surface area (TPSA) is 69.3 Å². The molecule has 0 spiro atoms. The van der Waals surface area contributed by atoms with E-state index in [4.69, 9.17) is 9.47 Å². The molecule has 2 N–H and O–H groups in total. The average molecular weight is 616 g/mol. The third-order valence-corrected chi connectivity index (χ3v) is 8.76. The Hall–Kier alpha value is -3.75. The van der Waals surface area contributed by atoms with Gasteiger partial charge in [-0.2, -0.15) is 0 Å². The van der Waals surface area contributed by atoms with Crippen molar-refractivity contribution in [2.24, 2.45) is 0 Å². The Morgan fingerprint density at radius 3 is 1.76 bits per heavy atom. The Kier molecular flexibility index (Phi) is 12.1. The molecule has 0 atom stereocenters. The molecule has 1 amide bonds. The van der Waals surface area contributed by atoms with Gasteiger partial charge in [-0.1, -0.05) is 30.3 Å². The van der Waals surface area contributed by atoms with Crippen LogP contribution in [0, 0.1) is 0 Å². The number of nitrogens with one attached hydrogen (secondary N) is 2.